The van der Waals surface area contributed by atoms with Gasteiger partial charge in [0, 0.05) is 18.6 Å². The van der Waals surface area contributed by atoms with Crippen LogP contribution in [0.5, 0.6) is 0 Å². The average Bonchev–Trinajstić information content (AvgIpc) is 2.98. The number of aromatic nitrogens is 2. The molecular formula is C9H10N4O. The Hall–Kier alpha value is -1.67. The lowest BCUT2D eigenvalue weighted by Crippen LogP contribution is -2.08. The number of aliphatic hydroxyl groups excluding tert-OH is 1. The third-order valence-corrected chi connectivity index (χ3v) is 2.27. The highest BCUT2D eigenvalue weighted by Gasteiger charge is 2.36. The SMILES string of the molecule is N#Cc1ccc(N[C@@H]2C[C@H]2CO)nn1. The Morgan fingerprint density at radius 1 is 1.57 bits per heavy atom. The number of anilines is 1. The highest BCUT2D eigenvalue weighted by molar-refractivity contribution is 5.38. The van der Waals surface area contributed by atoms with E-state index in [0.717, 1.165) is 6.42 Å². The fourth-order valence-corrected chi connectivity index (χ4v) is 1.28. The molecule has 1 aliphatic carbocycles. The van der Waals surface area contributed by atoms with Crippen molar-refractivity contribution >= 4 is 5.82 Å². The molecule has 0 amide bonds. The van der Waals surface area contributed by atoms with Crippen molar-refractivity contribution in [2.24, 2.45) is 5.92 Å². The van der Waals surface area contributed by atoms with Crippen LogP contribution in [0.2, 0.25) is 0 Å². The van der Waals surface area contributed by atoms with Crippen molar-refractivity contribution in [2.75, 3.05) is 11.9 Å². The van der Waals surface area contributed by atoms with Crippen molar-refractivity contribution in [1.82, 2.24) is 10.2 Å². The van der Waals surface area contributed by atoms with Crippen LogP contribution in [0.15, 0.2) is 12.1 Å². The molecule has 2 atom stereocenters. The van der Waals surface area contributed by atoms with Crippen molar-refractivity contribution in [3.05, 3.63) is 17.8 Å². The van der Waals surface area contributed by atoms with Gasteiger partial charge in [0.25, 0.3) is 0 Å². The summed E-state index contributed by atoms with van der Waals surface area (Å²) in [5.41, 5.74) is 0.310. The van der Waals surface area contributed by atoms with Crippen LogP contribution in [0, 0.1) is 17.2 Å². The number of rotatable bonds is 3. The molecule has 0 spiro atoms. The summed E-state index contributed by atoms with van der Waals surface area (Å²) in [6, 6.07) is 5.55. The Morgan fingerprint density at radius 2 is 2.43 bits per heavy atom. The number of nitriles is 1. The molecule has 72 valence electrons. The Morgan fingerprint density at radius 3 is 2.93 bits per heavy atom. The second-order valence-electron chi connectivity index (χ2n) is 3.34. The first-order chi connectivity index (χ1) is 6.83. The van der Waals surface area contributed by atoms with Crippen LogP contribution >= 0.6 is 0 Å². The molecule has 0 radical (unpaired) electrons. The van der Waals surface area contributed by atoms with Crippen LogP contribution in [-0.2, 0) is 0 Å². The van der Waals surface area contributed by atoms with E-state index in [1.807, 2.05) is 6.07 Å². The topological polar surface area (TPSA) is 81.8 Å². The normalized spacial score (nSPS) is 24.0. The zero-order valence-corrected chi connectivity index (χ0v) is 7.51. The molecule has 2 rings (SSSR count). The quantitative estimate of drug-likeness (QED) is 0.708. The highest BCUT2D eigenvalue weighted by atomic mass is 16.3. The zero-order chi connectivity index (χ0) is 9.97. The predicted molar refractivity (Wildman–Crippen MR) is 49.4 cm³/mol. The Balaban J connectivity index is 1.95. The largest absolute Gasteiger partial charge is 0.396 e. The van der Waals surface area contributed by atoms with Gasteiger partial charge in [-0.15, -0.1) is 10.2 Å². The molecule has 0 bridgehead atoms. The maximum absolute atomic E-state index is 8.82. The van der Waals surface area contributed by atoms with Gasteiger partial charge in [0.1, 0.15) is 11.9 Å². The molecule has 1 aromatic rings. The number of nitrogens with one attached hydrogen (secondary N) is 1. The van der Waals surface area contributed by atoms with Crippen LogP contribution in [-0.4, -0.2) is 28.0 Å². The van der Waals surface area contributed by atoms with E-state index < -0.39 is 0 Å². The first kappa shape index (κ1) is 8.91. The highest BCUT2D eigenvalue weighted by Crippen LogP contribution is 2.32. The molecule has 1 saturated carbocycles. The van der Waals surface area contributed by atoms with Crippen LogP contribution in [0.1, 0.15) is 12.1 Å². The van der Waals surface area contributed by atoms with Crippen LogP contribution in [0.3, 0.4) is 0 Å². The fraction of sp³-hybridized carbons (Fsp3) is 0.444. The van der Waals surface area contributed by atoms with E-state index in [4.69, 9.17) is 10.4 Å². The molecule has 14 heavy (non-hydrogen) atoms. The number of nitrogens with zero attached hydrogens (tertiary/aromatic N) is 3. The van der Waals surface area contributed by atoms with E-state index in [-0.39, 0.29) is 6.61 Å². The first-order valence-corrected chi connectivity index (χ1v) is 4.44. The lowest BCUT2D eigenvalue weighted by atomic mass is 10.4. The van der Waals surface area contributed by atoms with E-state index in [9.17, 15) is 0 Å². The molecular weight excluding hydrogens is 180 g/mol. The van der Waals surface area contributed by atoms with Gasteiger partial charge in [-0.2, -0.15) is 5.26 Å². The van der Waals surface area contributed by atoms with Crippen molar-refractivity contribution in [3.8, 4) is 6.07 Å². The average molecular weight is 190 g/mol. The maximum Gasteiger partial charge on any atom is 0.163 e. The second-order valence-corrected chi connectivity index (χ2v) is 3.34. The maximum atomic E-state index is 8.82. The zero-order valence-electron chi connectivity index (χ0n) is 7.51. The van der Waals surface area contributed by atoms with Gasteiger partial charge in [-0.3, -0.25) is 0 Å². The smallest absolute Gasteiger partial charge is 0.163 e. The minimum absolute atomic E-state index is 0.210. The van der Waals surface area contributed by atoms with Crippen molar-refractivity contribution in [3.63, 3.8) is 0 Å². The summed E-state index contributed by atoms with van der Waals surface area (Å²) in [6.07, 6.45) is 0.970. The molecule has 5 heteroatoms. The van der Waals surface area contributed by atoms with Gasteiger partial charge in [-0.1, -0.05) is 0 Å². The van der Waals surface area contributed by atoms with Gasteiger partial charge in [0.05, 0.1) is 0 Å². The van der Waals surface area contributed by atoms with Crippen LogP contribution in [0.4, 0.5) is 5.82 Å². The van der Waals surface area contributed by atoms with Gasteiger partial charge in [-0.05, 0) is 18.6 Å². The molecule has 1 fully saturated rings. The minimum atomic E-state index is 0.210. The van der Waals surface area contributed by atoms with E-state index in [1.165, 1.54) is 0 Å². The van der Waals surface area contributed by atoms with Crippen LogP contribution < -0.4 is 5.32 Å². The minimum Gasteiger partial charge on any atom is -0.396 e. The molecule has 0 saturated heterocycles. The Kier molecular flexibility index (Phi) is 2.29. The third-order valence-electron chi connectivity index (χ3n) is 2.27. The van der Waals surface area contributed by atoms with Crippen LogP contribution in [0.25, 0.3) is 0 Å². The number of hydrogen-bond donors (Lipinski definition) is 2. The molecule has 5 nitrogen and oxygen atoms in total. The van der Waals surface area contributed by atoms with Crippen molar-refractivity contribution < 1.29 is 5.11 Å². The van der Waals surface area contributed by atoms with Gasteiger partial charge >= 0.3 is 0 Å². The third kappa shape index (κ3) is 1.80. The summed E-state index contributed by atoms with van der Waals surface area (Å²) in [5, 5.41) is 28.0. The summed E-state index contributed by atoms with van der Waals surface area (Å²) >= 11 is 0. The Labute approximate surface area is 81.4 Å². The van der Waals surface area contributed by atoms with Gasteiger partial charge in [-0.25, -0.2) is 0 Å². The summed E-state index contributed by atoms with van der Waals surface area (Å²) < 4.78 is 0. The lowest BCUT2D eigenvalue weighted by molar-refractivity contribution is 0.275. The lowest BCUT2D eigenvalue weighted by Gasteiger charge is -2.01. The molecule has 2 N–H and O–H groups in total. The van der Waals surface area contributed by atoms with Crippen molar-refractivity contribution in [2.45, 2.75) is 12.5 Å². The summed E-state index contributed by atoms with van der Waals surface area (Å²) in [5.74, 6) is 0.998. The van der Waals surface area contributed by atoms with Gasteiger partial charge < -0.3 is 10.4 Å². The first-order valence-electron chi connectivity index (χ1n) is 4.44. The Bertz CT molecular complexity index is 356. The summed E-state index contributed by atoms with van der Waals surface area (Å²) in [6.45, 7) is 0.210. The molecule has 1 aromatic heterocycles. The molecule has 0 aromatic carbocycles. The number of aliphatic hydroxyl groups is 1. The van der Waals surface area contributed by atoms with E-state index >= 15 is 0 Å². The molecule has 0 unspecified atom stereocenters. The van der Waals surface area contributed by atoms with E-state index in [1.54, 1.807) is 12.1 Å². The summed E-state index contributed by atoms with van der Waals surface area (Å²) in [7, 11) is 0. The fourth-order valence-electron chi connectivity index (χ4n) is 1.28. The molecule has 1 aliphatic rings. The summed E-state index contributed by atoms with van der Waals surface area (Å²) in [4.78, 5) is 0. The van der Waals surface area contributed by atoms with Gasteiger partial charge in [0.15, 0.2) is 5.69 Å². The predicted octanol–water partition coefficient (Wildman–Crippen LogP) is 0.141. The van der Waals surface area contributed by atoms with Crippen molar-refractivity contribution in [1.29, 1.82) is 5.26 Å². The molecule has 1 heterocycles. The number of hydrogen-bond acceptors (Lipinski definition) is 5. The standard InChI is InChI=1S/C9H10N4O/c10-4-7-1-2-9(13-12-7)11-8-3-6(8)5-14/h1-2,6,8,14H,3,5H2,(H,11,13)/t6-,8+/m0/s1. The van der Waals surface area contributed by atoms with Gasteiger partial charge in [0.2, 0.25) is 0 Å². The monoisotopic (exact) mass is 190 g/mol. The van der Waals surface area contributed by atoms with E-state index in [0.29, 0.717) is 23.5 Å². The molecule has 0 aliphatic heterocycles. The van der Waals surface area contributed by atoms with E-state index in [2.05, 4.69) is 15.5 Å². The second kappa shape index (κ2) is 3.60.